The number of ether oxygens (including phenoxy) is 2. The van der Waals surface area contributed by atoms with Crippen molar-refractivity contribution in [2.45, 2.75) is 392 Å². The van der Waals surface area contributed by atoms with E-state index in [4.69, 9.17) is 18.5 Å². The van der Waals surface area contributed by atoms with Gasteiger partial charge >= 0.3 is 19.8 Å². The number of hydrogen-bond acceptors (Lipinski definition) is 7. The van der Waals surface area contributed by atoms with Crippen LogP contribution in [0.25, 0.3) is 0 Å². The molecule has 2 unspecified atom stereocenters. The summed E-state index contributed by atoms with van der Waals surface area (Å²) in [6.45, 7) is 4.38. The Morgan fingerprint density at radius 1 is 0.348 bits per heavy atom. The first-order chi connectivity index (χ1) is 45.0. The maximum absolute atomic E-state index is 12.9. The largest absolute Gasteiger partial charge is 0.472 e. The lowest BCUT2D eigenvalue weighted by atomic mass is 10.0. The van der Waals surface area contributed by atoms with E-state index in [1.807, 2.05) is 21.1 Å². The van der Waals surface area contributed by atoms with Gasteiger partial charge in [0.1, 0.15) is 19.8 Å². The third-order valence-electron chi connectivity index (χ3n) is 17.8. The van der Waals surface area contributed by atoms with Crippen molar-refractivity contribution in [2.75, 3.05) is 47.5 Å². The van der Waals surface area contributed by atoms with Crippen molar-refractivity contribution in [3.05, 3.63) is 72.9 Å². The van der Waals surface area contributed by atoms with Gasteiger partial charge in [-0.15, -0.1) is 0 Å². The number of likely N-dealkylation sites (N-methyl/N-ethyl adjacent to an activating group) is 1. The summed E-state index contributed by atoms with van der Waals surface area (Å²) in [7, 11) is 1.49. The smallest absolute Gasteiger partial charge is 0.462 e. The summed E-state index contributed by atoms with van der Waals surface area (Å²) in [5, 5.41) is 0. The van der Waals surface area contributed by atoms with E-state index < -0.39 is 26.5 Å². The molecule has 0 aromatic carbocycles. The van der Waals surface area contributed by atoms with Crippen LogP contribution >= 0.6 is 7.82 Å². The average Bonchev–Trinajstić information content (AvgIpc) is 2.23. The number of hydrogen-bond donors (Lipinski definition) is 1. The Labute approximate surface area is 571 Å². The Morgan fingerprint density at radius 3 is 0.924 bits per heavy atom. The van der Waals surface area contributed by atoms with E-state index >= 15 is 0 Å². The summed E-state index contributed by atoms with van der Waals surface area (Å²) < 4.78 is 34.8. The summed E-state index contributed by atoms with van der Waals surface area (Å²) >= 11 is 0. The first-order valence-corrected chi connectivity index (χ1v) is 41.2. The Kier molecular flexibility index (Phi) is 70.7. The Balaban J connectivity index is 3.94. The average molecular weight is 1310 g/mol. The highest BCUT2D eigenvalue weighted by Gasteiger charge is 2.27. The molecule has 0 aliphatic rings. The molecule has 0 heterocycles. The fourth-order valence-electron chi connectivity index (χ4n) is 11.7. The maximum Gasteiger partial charge on any atom is 0.472 e. The van der Waals surface area contributed by atoms with Crippen molar-refractivity contribution in [1.29, 1.82) is 0 Å². The fraction of sp³-hybridized carbons (Fsp3) is 0.829. The molecule has 0 fully saturated rings. The topological polar surface area (TPSA) is 108 Å². The molecule has 0 saturated carbocycles. The summed E-state index contributed by atoms with van der Waals surface area (Å²) in [5.41, 5.74) is 0. The molecule has 538 valence electrons. The molecule has 0 aliphatic carbocycles. The van der Waals surface area contributed by atoms with Gasteiger partial charge in [-0.2, -0.15) is 0 Å². The minimum Gasteiger partial charge on any atom is -0.462 e. The Bertz CT molecular complexity index is 1780. The molecule has 1 N–H and O–H groups in total. The lowest BCUT2D eigenvalue weighted by molar-refractivity contribution is -0.870. The van der Waals surface area contributed by atoms with Crippen LogP contribution in [-0.2, 0) is 32.7 Å². The predicted molar refractivity (Wildman–Crippen MR) is 399 cm³/mol. The van der Waals surface area contributed by atoms with E-state index in [2.05, 4.69) is 86.8 Å². The lowest BCUT2D eigenvalue weighted by Crippen LogP contribution is -2.37. The van der Waals surface area contributed by atoms with Crippen molar-refractivity contribution in [3.63, 3.8) is 0 Å². The van der Waals surface area contributed by atoms with Crippen LogP contribution in [0.5, 0.6) is 0 Å². The number of unbranched alkanes of at least 4 members (excludes halogenated alkanes) is 48. The highest BCUT2D eigenvalue weighted by Crippen LogP contribution is 2.43. The van der Waals surface area contributed by atoms with Crippen LogP contribution in [0.4, 0.5) is 0 Å². The molecular weight excluding hydrogens is 1160 g/mol. The molecule has 92 heavy (non-hydrogen) atoms. The van der Waals surface area contributed by atoms with Crippen LogP contribution in [0.15, 0.2) is 72.9 Å². The first-order valence-electron chi connectivity index (χ1n) is 39.7. The Morgan fingerprint density at radius 2 is 0.620 bits per heavy atom. The SMILES string of the molecule is CC/C=C\C/C=C\C/C=C\C/C=C\C/C=C\C/C=C\CCCCCCCCCCCCCCCCC(=O)OC(COC(=O)CCCCCCCCCCCCCCCCCCCCCCCCCCCCCCCCCCCCC)COP(=O)(O)OCC[N+](C)(C)C. The molecule has 0 rings (SSSR count). The predicted octanol–water partition coefficient (Wildman–Crippen LogP) is 26.3. The van der Waals surface area contributed by atoms with Gasteiger partial charge in [0.05, 0.1) is 27.7 Å². The molecule has 0 radical (unpaired) electrons. The standard InChI is InChI=1S/C82H152NO8P/c1-6-8-10-12-14-16-18-20-22-24-26-28-30-32-34-36-38-40-41-43-44-46-48-50-52-54-56-58-60-62-64-66-68-70-72-74-81(84)88-78-80(79-90-92(86,87)89-77-76-83(3,4)5)91-82(85)75-73-71-69-67-65-63-61-59-57-55-53-51-49-47-45-42-39-37-35-33-31-29-27-25-23-21-19-17-15-13-11-9-7-2/h9,11,15,17,21,23,27,29,33,35,39,42,80H,6-8,10,12-14,16,18-20,22,24-26,28,30-32,34,36-38,40-41,43-79H2,1-5H3/p+1/b11-9-,17-15-,23-21-,29-27-,35-33-,42-39-. The van der Waals surface area contributed by atoms with Gasteiger partial charge < -0.3 is 18.9 Å². The van der Waals surface area contributed by atoms with Crippen LogP contribution in [0, 0.1) is 0 Å². The van der Waals surface area contributed by atoms with E-state index in [-0.39, 0.29) is 25.6 Å². The number of carbonyl (C=O) groups excluding carboxylic acids is 2. The van der Waals surface area contributed by atoms with Crippen molar-refractivity contribution in [3.8, 4) is 0 Å². The van der Waals surface area contributed by atoms with E-state index in [0.717, 1.165) is 77.0 Å². The van der Waals surface area contributed by atoms with Crippen molar-refractivity contribution < 1.29 is 42.1 Å². The van der Waals surface area contributed by atoms with Crippen molar-refractivity contribution in [1.82, 2.24) is 0 Å². The zero-order valence-corrected chi connectivity index (χ0v) is 62.4. The van der Waals surface area contributed by atoms with Gasteiger partial charge in [0.25, 0.3) is 0 Å². The molecule has 10 heteroatoms. The number of quaternary nitrogens is 1. The van der Waals surface area contributed by atoms with Gasteiger partial charge in [-0.1, -0.05) is 382 Å². The molecule has 2 atom stereocenters. The van der Waals surface area contributed by atoms with Crippen LogP contribution in [0.2, 0.25) is 0 Å². The molecule has 0 amide bonds. The molecule has 9 nitrogen and oxygen atoms in total. The van der Waals surface area contributed by atoms with Gasteiger partial charge in [-0.05, 0) is 64.2 Å². The van der Waals surface area contributed by atoms with Crippen LogP contribution < -0.4 is 0 Å². The molecule has 0 bridgehead atoms. The first kappa shape index (κ1) is 89.5. The van der Waals surface area contributed by atoms with Gasteiger partial charge in [0.2, 0.25) is 0 Å². The number of esters is 2. The minimum atomic E-state index is -4.40. The second kappa shape index (κ2) is 72.7. The molecular formula is C82H153NO8P+. The van der Waals surface area contributed by atoms with Gasteiger partial charge in [0.15, 0.2) is 6.10 Å². The zero-order chi connectivity index (χ0) is 66.9. The van der Waals surface area contributed by atoms with Crippen molar-refractivity contribution in [2.24, 2.45) is 0 Å². The second-order valence-electron chi connectivity index (χ2n) is 28.1. The van der Waals surface area contributed by atoms with E-state index in [0.29, 0.717) is 23.9 Å². The third kappa shape index (κ3) is 76.5. The van der Waals surface area contributed by atoms with Crippen LogP contribution in [0.3, 0.4) is 0 Å². The normalized spacial score (nSPS) is 13.4. The third-order valence-corrected chi connectivity index (χ3v) is 18.7. The summed E-state index contributed by atoms with van der Waals surface area (Å²) in [6.07, 6.45) is 99.1. The molecule has 0 spiro atoms. The highest BCUT2D eigenvalue weighted by molar-refractivity contribution is 7.47. The fourth-order valence-corrected chi connectivity index (χ4v) is 12.5. The molecule has 0 saturated heterocycles. The number of rotatable bonds is 74. The van der Waals surface area contributed by atoms with Gasteiger partial charge in [-0.25, -0.2) is 4.57 Å². The van der Waals surface area contributed by atoms with E-state index in [9.17, 15) is 19.0 Å². The molecule has 0 aliphatic heterocycles. The monoisotopic (exact) mass is 1310 g/mol. The highest BCUT2D eigenvalue weighted by atomic mass is 31.2. The van der Waals surface area contributed by atoms with Crippen molar-refractivity contribution >= 4 is 19.8 Å². The zero-order valence-electron chi connectivity index (χ0n) is 61.5. The van der Waals surface area contributed by atoms with E-state index in [1.54, 1.807) is 0 Å². The number of nitrogens with zero attached hydrogens (tertiary/aromatic N) is 1. The number of carbonyl (C=O) groups is 2. The Hall–Kier alpha value is -2.55. The quantitative estimate of drug-likeness (QED) is 0.0211. The summed E-state index contributed by atoms with van der Waals surface area (Å²) in [6, 6.07) is 0. The van der Waals surface area contributed by atoms with Gasteiger partial charge in [-0.3, -0.25) is 18.6 Å². The number of phosphoric acid groups is 1. The van der Waals surface area contributed by atoms with E-state index in [1.165, 1.54) is 276 Å². The molecule has 0 aromatic heterocycles. The second-order valence-corrected chi connectivity index (χ2v) is 29.5. The van der Waals surface area contributed by atoms with Gasteiger partial charge in [0, 0.05) is 12.8 Å². The van der Waals surface area contributed by atoms with Crippen LogP contribution in [0.1, 0.15) is 386 Å². The molecule has 0 aromatic rings. The number of phosphoric ester groups is 1. The van der Waals surface area contributed by atoms with Crippen LogP contribution in [-0.4, -0.2) is 74.9 Å². The number of allylic oxidation sites excluding steroid dienone is 12. The summed E-state index contributed by atoms with van der Waals surface area (Å²) in [4.78, 5) is 36.0. The summed E-state index contributed by atoms with van der Waals surface area (Å²) in [5.74, 6) is -0.780. The maximum atomic E-state index is 12.9. The lowest BCUT2D eigenvalue weighted by Gasteiger charge is -2.24. The minimum absolute atomic E-state index is 0.0320.